The van der Waals surface area contributed by atoms with Crippen LogP contribution in [0.5, 0.6) is 0 Å². The van der Waals surface area contributed by atoms with E-state index in [1.165, 1.54) is 23.5 Å². The lowest BCUT2D eigenvalue weighted by atomic mass is 10.1. The number of furan rings is 2. The highest BCUT2D eigenvalue weighted by molar-refractivity contribution is 6.04. The molecule has 1 fully saturated rings. The maximum atomic E-state index is 13.4. The summed E-state index contributed by atoms with van der Waals surface area (Å²) in [5, 5.41) is 5.63. The molecule has 2 aromatic heterocycles. The zero-order valence-electron chi connectivity index (χ0n) is 17.5. The molecule has 166 valence electrons. The molecule has 1 aromatic carbocycles. The van der Waals surface area contributed by atoms with Gasteiger partial charge in [0.2, 0.25) is 5.91 Å². The van der Waals surface area contributed by atoms with E-state index in [1.807, 2.05) is 6.07 Å². The molecule has 4 rings (SSSR count). The van der Waals surface area contributed by atoms with Gasteiger partial charge in [0.15, 0.2) is 11.8 Å². The van der Waals surface area contributed by atoms with Crippen molar-refractivity contribution in [3.63, 3.8) is 0 Å². The van der Waals surface area contributed by atoms with Gasteiger partial charge in [0.25, 0.3) is 11.8 Å². The second-order valence-electron chi connectivity index (χ2n) is 7.67. The lowest BCUT2D eigenvalue weighted by Crippen LogP contribution is -2.49. The molecule has 0 saturated heterocycles. The van der Waals surface area contributed by atoms with Gasteiger partial charge in [-0.15, -0.1) is 0 Å². The van der Waals surface area contributed by atoms with Crippen molar-refractivity contribution in [1.82, 2.24) is 10.6 Å². The number of carbonyl (C=O) groups excluding carboxylic acids is 3. The second-order valence-corrected chi connectivity index (χ2v) is 7.67. The summed E-state index contributed by atoms with van der Waals surface area (Å²) in [5.41, 5.74) is 0.521. The Morgan fingerprint density at radius 1 is 0.938 bits per heavy atom. The summed E-state index contributed by atoms with van der Waals surface area (Å²) in [6, 6.07) is 14.4. The minimum absolute atomic E-state index is 0.0753. The molecule has 1 aliphatic rings. The fraction of sp³-hybridized carbons (Fsp3) is 0.292. The van der Waals surface area contributed by atoms with Gasteiger partial charge in [-0.3, -0.25) is 19.3 Å². The predicted molar refractivity (Wildman–Crippen MR) is 117 cm³/mol. The van der Waals surface area contributed by atoms with Crippen LogP contribution in [0.25, 0.3) is 0 Å². The third kappa shape index (κ3) is 4.91. The van der Waals surface area contributed by atoms with Crippen molar-refractivity contribution in [2.75, 3.05) is 11.4 Å². The molecule has 32 heavy (non-hydrogen) atoms. The summed E-state index contributed by atoms with van der Waals surface area (Å²) in [6.07, 6.45) is 6.81. The van der Waals surface area contributed by atoms with Crippen molar-refractivity contribution < 1.29 is 23.2 Å². The molecule has 2 heterocycles. The van der Waals surface area contributed by atoms with E-state index in [-0.39, 0.29) is 24.3 Å². The number of anilines is 1. The Morgan fingerprint density at radius 3 is 2.31 bits per heavy atom. The Hall–Kier alpha value is -3.81. The topological polar surface area (TPSA) is 105 Å². The number of benzene rings is 1. The van der Waals surface area contributed by atoms with Crippen LogP contribution in [0.1, 0.15) is 48.0 Å². The highest BCUT2D eigenvalue weighted by atomic mass is 16.3. The molecule has 2 N–H and O–H groups in total. The van der Waals surface area contributed by atoms with Crippen molar-refractivity contribution in [3.8, 4) is 0 Å². The van der Waals surface area contributed by atoms with E-state index in [4.69, 9.17) is 8.83 Å². The second kappa shape index (κ2) is 10.00. The summed E-state index contributed by atoms with van der Waals surface area (Å²) in [6.45, 7) is -0.317. The van der Waals surface area contributed by atoms with Gasteiger partial charge < -0.3 is 19.5 Å². The molecule has 8 heteroatoms. The van der Waals surface area contributed by atoms with E-state index in [9.17, 15) is 14.4 Å². The average Bonchev–Trinajstić information content (AvgIpc) is 3.59. The van der Waals surface area contributed by atoms with Crippen LogP contribution in [-0.4, -0.2) is 30.3 Å². The van der Waals surface area contributed by atoms with Crippen molar-refractivity contribution in [2.45, 2.75) is 37.8 Å². The molecule has 0 spiro atoms. The number of nitrogens with zero attached hydrogens (tertiary/aromatic N) is 1. The third-order valence-corrected chi connectivity index (χ3v) is 5.47. The monoisotopic (exact) mass is 435 g/mol. The number of carbonyl (C=O) groups is 3. The minimum atomic E-state index is -1.01. The summed E-state index contributed by atoms with van der Waals surface area (Å²) >= 11 is 0. The van der Waals surface area contributed by atoms with E-state index in [1.54, 1.807) is 42.5 Å². The van der Waals surface area contributed by atoms with Gasteiger partial charge in [-0.1, -0.05) is 31.0 Å². The largest absolute Gasteiger partial charge is 0.467 e. The van der Waals surface area contributed by atoms with Gasteiger partial charge in [0.05, 0.1) is 19.1 Å². The van der Waals surface area contributed by atoms with Crippen molar-refractivity contribution in [3.05, 3.63) is 78.6 Å². The van der Waals surface area contributed by atoms with E-state index in [2.05, 4.69) is 10.6 Å². The first-order valence-corrected chi connectivity index (χ1v) is 10.7. The van der Waals surface area contributed by atoms with Crippen LogP contribution in [-0.2, 0) is 9.59 Å². The van der Waals surface area contributed by atoms with Gasteiger partial charge in [-0.05, 0) is 49.2 Å². The predicted octanol–water partition coefficient (Wildman–Crippen LogP) is 3.44. The molecule has 1 aliphatic carbocycles. The zero-order chi connectivity index (χ0) is 22.3. The Balaban J connectivity index is 1.61. The van der Waals surface area contributed by atoms with E-state index in [0.29, 0.717) is 11.4 Å². The number of para-hydroxylation sites is 1. The highest BCUT2D eigenvalue weighted by Gasteiger charge is 2.36. The Kier molecular flexibility index (Phi) is 6.69. The standard InChI is InChI=1S/C24H25N3O5/c28-21(16-25-23(29)20-13-7-15-32-20)27(18-10-2-1-3-11-18)22(19-12-6-14-31-19)24(30)26-17-8-4-5-9-17/h1-3,6-7,10-15,17,22H,4-5,8-9,16H2,(H,25,29)(H,26,30). The molecule has 0 aliphatic heterocycles. The van der Waals surface area contributed by atoms with E-state index >= 15 is 0 Å². The molecule has 1 unspecified atom stereocenters. The maximum absolute atomic E-state index is 13.4. The van der Waals surface area contributed by atoms with Crippen LogP contribution in [0.15, 0.2) is 76.0 Å². The molecule has 8 nitrogen and oxygen atoms in total. The lowest BCUT2D eigenvalue weighted by molar-refractivity contribution is -0.127. The lowest BCUT2D eigenvalue weighted by Gasteiger charge is -2.30. The number of hydrogen-bond acceptors (Lipinski definition) is 5. The molecular formula is C24H25N3O5. The van der Waals surface area contributed by atoms with Crippen LogP contribution < -0.4 is 15.5 Å². The Labute approximate surface area is 185 Å². The van der Waals surface area contributed by atoms with Crippen molar-refractivity contribution in [2.24, 2.45) is 0 Å². The van der Waals surface area contributed by atoms with Crippen LogP contribution >= 0.6 is 0 Å². The van der Waals surface area contributed by atoms with Crippen molar-refractivity contribution in [1.29, 1.82) is 0 Å². The fourth-order valence-corrected chi connectivity index (χ4v) is 3.93. The van der Waals surface area contributed by atoms with Crippen LogP contribution in [0.2, 0.25) is 0 Å². The quantitative estimate of drug-likeness (QED) is 0.564. The van der Waals surface area contributed by atoms with Gasteiger partial charge in [-0.2, -0.15) is 0 Å². The van der Waals surface area contributed by atoms with Gasteiger partial charge in [-0.25, -0.2) is 0 Å². The van der Waals surface area contributed by atoms with Gasteiger partial charge >= 0.3 is 0 Å². The average molecular weight is 435 g/mol. The summed E-state index contributed by atoms with van der Waals surface area (Å²) in [4.78, 5) is 40.4. The normalized spacial score (nSPS) is 14.6. The van der Waals surface area contributed by atoms with E-state index in [0.717, 1.165) is 25.7 Å². The molecule has 3 amide bonds. The zero-order valence-corrected chi connectivity index (χ0v) is 17.5. The maximum Gasteiger partial charge on any atom is 0.287 e. The SMILES string of the molecule is O=C(NCC(=O)N(c1ccccc1)C(C(=O)NC1CCCC1)c1ccco1)c1ccco1. The van der Waals surface area contributed by atoms with Gasteiger partial charge in [0.1, 0.15) is 5.76 Å². The first-order valence-electron chi connectivity index (χ1n) is 10.7. The summed E-state index contributed by atoms with van der Waals surface area (Å²) in [5.74, 6) is -0.845. The number of amides is 3. The Bertz CT molecular complexity index is 1030. The molecule has 3 aromatic rings. The number of nitrogens with one attached hydrogen (secondary N) is 2. The first-order chi connectivity index (χ1) is 15.6. The number of hydrogen-bond donors (Lipinski definition) is 2. The minimum Gasteiger partial charge on any atom is -0.467 e. The van der Waals surface area contributed by atoms with E-state index < -0.39 is 17.9 Å². The van der Waals surface area contributed by atoms with Crippen molar-refractivity contribution >= 4 is 23.4 Å². The number of rotatable bonds is 8. The Morgan fingerprint density at radius 2 is 1.66 bits per heavy atom. The van der Waals surface area contributed by atoms with Crippen LogP contribution in [0.4, 0.5) is 5.69 Å². The third-order valence-electron chi connectivity index (χ3n) is 5.47. The molecular weight excluding hydrogens is 410 g/mol. The molecule has 0 bridgehead atoms. The molecule has 1 saturated carbocycles. The first kappa shape index (κ1) is 21.4. The highest BCUT2D eigenvalue weighted by Crippen LogP contribution is 2.29. The summed E-state index contributed by atoms with van der Waals surface area (Å²) < 4.78 is 10.6. The van der Waals surface area contributed by atoms with Gasteiger partial charge in [0, 0.05) is 11.7 Å². The van der Waals surface area contributed by atoms with Crippen LogP contribution in [0.3, 0.4) is 0 Å². The fourth-order valence-electron chi connectivity index (χ4n) is 3.93. The molecule has 0 radical (unpaired) electrons. The molecule has 1 atom stereocenters. The summed E-state index contributed by atoms with van der Waals surface area (Å²) in [7, 11) is 0. The smallest absolute Gasteiger partial charge is 0.287 e. The van der Waals surface area contributed by atoms with Crippen LogP contribution in [0, 0.1) is 0 Å².